The normalized spacial score (nSPS) is 34.0. The molecule has 4 saturated carbocycles. The largest absolute Gasteiger partial charge is 0.376 e. The minimum absolute atomic E-state index is 0.189. The van der Waals surface area contributed by atoms with Crippen LogP contribution in [0.5, 0.6) is 0 Å². The van der Waals surface area contributed by atoms with Crippen molar-refractivity contribution in [3.63, 3.8) is 0 Å². The van der Waals surface area contributed by atoms with Gasteiger partial charge in [0.15, 0.2) is 11.5 Å². The number of rotatable bonds is 5. The number of ether oxygens (including phenoxy) is 1. The summed E-state index contributed by atoms with van der Waals surface area (Å²) in [5.41, 5.74) is 1.03. The highest BCUT2D eigenvalue weighted by molar-refractivity contribution is 5.93. The van der Waals surface area contributed by atoms with Crippen LogP contribution >= 0.6 is 0 Å². The minimum atomic E-state index is -0.213. The zero-order chi connectivity index (χ0) is 18.4. The molecule has 5 nitrogen and oxygen atoms in total. The minimum Gasteiger partial charge on any atom is -0.376 e. The number of benzene rings is 1. The topological polar surface area (TPSA) is 64.4 Å². The van der Waals surface area contributed by atoms with Crippen LogP contribution in [-0.2, 0) is 4.74 Å². The summed E-state index contributed by atoms with van der Waals surface area (Å²) in [5.74, 6) is 3.29. The molecule has 1 aromatic heterocycles. The zero-order valence-corrected chi connectivity index (χ0v) is 15.7. The second-order valence-corrected chi connectivity index (χ2v) is 8.59. The molecule has 27 heavy (non-hydrogen) atoms. The number of hydrogen-bond acceptors (Lipinski definition) is 4. The predicted octanol–water partition coefficient (Wildman–Crippen LogP) is 3.91. The molecule has 4 aliphatic rings. The van der Waals surface area contributed by atoms with Crippen LogP contribution in [0.3, 0.4) is 0 Å². The molecule has 1 N–H and O–H groups in total. The second kappa shape index (κ2) is 6.48. The summed E-state index contributed by atoms with van der Waals surface area (Å²) in [6, 6.07) is 11.4. The number of methoxy groups -OCH3 is 1. The fourth-order valence-electron chi connectivity index (χ4n) is 6.11. The van der Waals surface area contributed by atoms with Crippen molar-refractivity contribution in [2.75, 3.05) is 13.7 Å². The van der Waals surface area contributed by atoms with Gasteiger partial charge in [0.25, 0.3) is 5.91 Å². The fourth-order valence-corrected chi connectivity index (χ4v) is 6.11. The van der Waals surface area contributed by atoms with Crippen LogP contribution in [0.1, 0.15) is 42.6 Å². The van der Waals surface area contributed by atoms with E-state index in [0.29, 0.717) is 29.8 Å². The molecule has 1 aromatic carbocycles. The van der Waals surface area contributed by atoms with Crippen LogP contribution in [0.25, 0.3) is 11.3 Å². The van der Waals surface area contributed by atoms with E-state index in [1.807, 2.05) is 37.4 Å². The van der Waals surface area contributed by atoms with Gasteiger partial charge in [0.2, 0.25) is 0 Å². The third-order valence-corrected chi connectivity index (χ3v) is 7.23. The van der Waals surface area contributed by atoms with Gasteiger partial charge in [-0.3, -0.25) is 4.79 Å². The first-order valence-corrected chi connectivity index (χ1v) is 10.0. The second-order valence-electron chi connectivity index (χ2n) is 8.59. The van der Waals surface area contributed by atoms with Crippen molar-refractivity contribution in [1.82, 2.24) is 10.5 Å². The first-order valence-electron chi connectivity index (χ1n) is 10.0. The summed E-state index contributed by atoms with van der Waals surface area (Å²) in [4.78, 5) is 12.7. The number of carbonyl (C=O) groups is 1. The molecule has 0 radical (unpaired) electrons. The third-order valence-electron chi connectivity index (χ3n) is 7.23. The van der Waals surface area contributed by atoms with Gasteiger partial charge < -0.3 is 14.6 Å². The van der Waals surface area contributed by atoms with Crippen molar-refractivity contribution in [2.45, 2.75) is 37.7 Å². The van der Waals surface area contributed by atoms with Gasteiger partial charge >= 0.3 is 0 Å². The van der Waals surface area contributed by atoms with Crippen molar-refractivity contribution in [1.29, 1.82) is 0 Å². The molecule has 0 saturated heterocycles. The van der Waals surface area contributed by atoms with Crippen LogP contribution in [0.2, 0.25) is 0 Å². The molecule has 4 bridgehead atoms. The van der Waals surface area contributed by atoms with Crippen LogP contribution in [-0.4, -0.2) is 30.3 Å². The number of nitrogens with zero attached hydrogens (tertiary/aromatic N) is 1. The number of hydrogen-bond donors (Lipinski definition) is 1. The Hall–Kier alpha value is -2.14. The fraction of sp³-hybridized carbons (Fsp3) is 0.545. The van der Waals surface area contributed by atoms with Crippen LogP contribution in [0, 0.1) is 23.7 Å². The Balaban J connectivity index is 1.30. The molecule has 0 spiro atoms. The lowest BCUT2D eigenvalue weighted by Gasteiger charge is -2.60. The quantitative estimate of drug-likeness (QED) is 0.871. The average molecular weight is 366 g/mol. The molecule has 4 aliphatic carbocycles. The lowest BCUT2D eigenvalue weighted by Crippen LogP contribution is -2.63. The van der Waals surface area contributed by atoms with E-state index >= 15 is 0 Å². The van der Waals surface area contributed by atoms with E-state index < -0.39 is 0 Å². The van der Waals surface area contributed by atoms with Crippen molar-refractivity contribution in [3.05, 3.63) is 42.1 Å². The van der Waals surface area contributed by atoms with Gasteiger partial charge in [-0.2, -0.15) is 0 Å². The maximum Gasteiger partial charge on any atom is 0.273 e. The molecule has 0 atom stereocenters. The van der Waals surface area contributed by atoms with E-state index in [4.69, 9.17) is 9.26 Å². The lowest BCUT2D eigenvalue weighted by molar-refractivity contribution is -0.186. The molecule has 4 fully saturated rings. The first kappa shape index (κ1) is 17.0. The van der Waals surface area contributed by atoms with Gasteiger partial charge in [-0.1, -0.05) is 35.5 Å². The number of nitrogens with one attached hydrogen (secondary N) is 1. The van der Waals surface area contributed by atoms with Gasteiger partial charge in [0.1, 0.15) is 0 Å². The molecule has 5 heteroatoms. The Morgan fingerprint density at radius 3 is 2.44 bits per heavy atom. The van der Waals surface area contributed by atoms with Gasteiger partial charge in [-0.25, -0.2) is 0 Å². The molecule has 6 rings (SSSR count). The summed E-state index contributed by atoms with van der Waals surface area (Å²) < 4.78 is 11.5. The highest BCUT2D eigenvalue weighted by Gasteiger charge is 2.57. The SMILES string of the molecule is COC1(CNC(=O)c2cc(-c3ccccc3)on2)C2CC3CC(C2)CC1C3. The van der Waals surface area contributed by atoms with Crippen molar-refractivity contribution in [3.8, 4) is 11.3 Å². The molecule has 1 amide bonds. The van der Waals surface area contributed by atoms with E-state index in [2.05, 4.69) is 10.5 Å². The van der Waals surface area contributed by atoms with Crippen LogP contribution in [0.15, 0.2) is 40.9 Å². The molecule has 1 heterocycles. The maximum atomic E-state index is 12.7. The summed E-state index contributed by atoms with van der Waals surface area (Å²) in [6.45, 7) is 0.560. The summed E-state index contributed by atoms with van der Waals surface area (Å²) in [7, 11) is 1.82. The van der Waals surface area contributed by atoms with Crippen LogP contribution < -0.4 is 5.32 Å². The lowest BCUT2D eigenvalue weighted by atomic mass is 9.49. The smallest absolute Gasteiger partial charge is 0.273 e. The van der Waals surface area contributed by atoms with Gasteiger partial charge in [-0.05, 0) is 55.8 Å². The molecular weight excluding hydrogens is 340 g/mol. The van der Waals surface area contributed by atoms with E-state index in [1.54, 1.807) is 6.07 Å². The van der Waals surface area contributed by atoms with E-state index in [0.717, 1.165) is 17.4 Å². The Labute approximate surface area is 159 Å². The Morgan fingerprint density at radius 2 is 1.81 bits per heavy atom. The van der Waals surface area contributed by atoms with Gasteiger partial charge in [0.05, 0.1) is 5.60 Å². The first-order chi connectivity index (χ1) is 13.2. The van der Waals surface area contributed by atoms with E-state index in [9.17, 15) is 4.79 Å². The monoisotopic (exact) mass is 366 g/mol. The van der Waals surface area contributed by atoms with Gasteiger partial charge in [-0.15, -0.1) is 0 Å². The zero-order valence-electron chi connectivity index (χ0n) is 15.7. The molecule has 2 aromatic rings. The van der Waals surface area contributed by atoms with Crippen molar-refractivity contribution in [2.24, 2.45) is 23.7 Å². The molecular formula is C22H26N2O3. The number of amides is 1. The molecule has 0 aliphatic heterocycles. The average Bonchev–Trinajstić information content (AvgIpc) is 3.18. The van der Waals surface area contributed by atoms with Crippen molar-refractivity contribution < 1.29 is 14.1 Å². The Bertz CT molecular complexity index is 801. The Kier molecular flexibility index (Phi) is 4.08. The van der Waals surface area contributed by atoms with Gasteiger partial charge in [0, 0.05) is 25.3 Å². The highest BCUT2D eigenvalue weighted by Crippen LogP contribution is 2.59. The summed E-state index contributed by atoms with van der Waals surface area (Å²) in [6.07, 6.45) is 6.40. The third kappa shape index (κ3) is 2.80. The molecule has 142 valence electrons. The predicted molar refractivity (Wildman–Crippen MR) is 101 cm³/mol. The molecule has 0 unspecified atom stereocenters. The summed E-state index contributed by atoms with van der Waals surface area (Å²) >= 11 is 0. The Morgan fingerprint density at radius 1 is 1.15 bits per heavy atom. The van der Waals surface area contributed by atoms with E-state index in [1.165, 1.54) is 32.1 Å². The highest BCUT2D eigenvalue weighted by atomic mass is 16.5. The number of aromatic nitrogens is 1. The number of carbonyl (C=O) groups excluding carboxylic acids is 1. The maximum absolute atomic E-state index is 12.7. The van der Waals surface area contributed by atoms with E-state index in [-0.39, 0.29) is 11.5 Å². The summed E-state index contributed by atoms with van der Waals surface area (Å²) in [5, 5.41) is 7.07. The standard InChI is InChI=1S/C22H26N2O3/c1-26-22(17-8-14-7-15(10-17)11-18(22)9-14)13-23-21(25)19-12-20(27-24-19)16-5-3-2-4-6-16/h2-6,12,14-15,17-18H,7-11,13H2,1H3,(H,23,25). The van der Waals surface area contributed by atoms with Crippen molar-refractivity contribution >= 4 is 5.91 Å². The van der Waals surface area contributed by atoms with Crippen LogP contribution in [0.4, 0.5) is 0 Å².